The summed E-state index contributed by atoms with van der Waals surface area (Å²) in [5.74, 6) is -3.29. The van der Waals surface area contributed by atoms with Crippen molar-refractivity contribution < 1.29 is 94.9 Å². The minimum Gasteiger partial charge on any atom is -0.494 e. The molecule has 0 saturated carbocycles. The van der Waals surface area contributed by atoms with E-state index in [0.717, 1.165) is 28.9 Å². The zero-order valence-electron chi connectivity index (χ0n) is 52.1. The molecule has 0 unspecified atom stereocenters. The molecule has 1 fully saturated rings. The van der Waals surface area contributed by atoms with Crippen molar-refractivity contribution >= 4 is 52.5 Å². The summed E-state index contributed by atoms with van der Waals surface area (Å²) < 4.78 is 72.2. The lowest BCUT2D eigenvalue weighted by Crippen LogP contribution is -2.53. The van der Waals surface area contributed by atoms with Crippen molar-refractivity contribution in [3.8, 4) is 17.1 Å². The van der Waals surface area contributed by atoms with Crippen molar-refractivity contribution in [2.75, 3.05) is 146 Å². The van der Waals surface area contributed by atoms with Crippen LogP contribution in [0, 0.1) is 5.82 Å². The summed E-state index contributed by atoms with van der Waals surface area (Å²) in [5, 5.41) is 23.3. The first-order chi connectivity index (χ1) is 43.5. The van der Waals surface area contributed by atoms with Crippen LogP contribution in [0.2, 0.25) is 0 Å². The van der Waals surface area contributed by atoms with Crippen molar-refractivity contribution in [1.82, 2.24) is 35.7 Å². The average Bonchev–Trinajstić information content (AvgIpc) is 1.48. The van der Waals surface area contributed by atoms with E-state index in [1.807, 2.05) is 6.92 Å². The molecule has 0 radical (unpaired) electrons. The van der Waals surface area contributed by atoms with Crippen LogP contribution in [0.5, 0.6) is 5.75 Å². The maximum atomic E-state index is 15.2. The third kappa shape index (κ3) is 20.0. The normalized spacial score (nSPS) is 18.7. The summed E-state index contributed by atoms with van der Waals surface area (Å²) in [6.07, 6.45) is 5.13. The van der Waals surface area contributed by atoms with Gasteiger partial charge in [-0.25, -0.2) is 19.0 Å². The number of rotatable bonds is 41. The van der Waals surface area contributed by atoms with Gasteiger partial charge in [0.05, 0.1) is 149 Å². The number of hydrogen-bond donors (Lipinski definition) is 5. The van der Waals surface area contributed by atoms with Crippen LogP contribution in [0.4, 0.5) is 9.18 Å². The van der Waals surface area contributed by atoms with Crippen molar-refractivity contribution in [3.05, 3.63) is 68.8 Å². The number of nitrogens with one attached hydrogen (secondary N) is 4. The number of nitrogens with zero attached hydrogens (tertiary/aromatic N) is 4. The first-order valence-electron chi connectivity index (χ1n) is 31.0. The molecule has 5 N–H and O–H groups in total. The average molecular weight is 1270 g/mol. The highest BCUT2D eigenvalue weighted by Crippen LogP contribution is 2.42. The fraction of sp³-hybridized carbons (Fsp3) is 0.629. The predicted molar refractivity (Wildman–Crippen MR) is 321 cm³/mol. The zero-order chi connectivity index (χ0) is 64.5. The second-order valence-electron chi connectivity index (χ2n) is 22.5. The number of carbonyl (C=O) groups excluding carboxylic acids is 7. The number of aliphatic hydroxyl groups is 1. The Balaban J connectivity index is 0.651. The molecule has 2 atom stereocenters. The number of cyclic esters (lactones) is 1. The number of unbranched alkanes of at least 4 members (excludes halogenated alkanes) is 1. The Morgan fingerprint density at radius 2 is 1.37 bits per heavy atom. The Morgan fingerprint density at radius 1 is 0.767 bits per heavy atom. The number of halogens is 1. The van der Waals surface area contributed by atoms with E-state index in [2.05, 4.69) is 28.3 Å². The van der Waals surface area contributed by atoms with Gasteiger partial charge in [-0.05, 0) is 37.8 Å². The lowest BCUT2D eigenvalue weighted by Gasteiger charge is -2.41. The van der Waals surface area contributed by atoms with E-state index >= 15 is 4.39 Å². The molecule has 6 amide bonds. The summed E-state index contributed by atoms with van der Waals surface area (Å²) in [6.45, 7) is 11.1. The molecule has 90 heavy (non-hydrogen) atoms. The zero-order valence-corrected chi connectivity index (χ0v) is 52.1. The number of likely N-dealkylation sites (tertiary alicyclic amines) is 1. The van der Waals surface area contributed by atoms with Gasteiger partial charge in [-0.3, -0.25) is 33.7 Å². The van der Waals surface area contributed by atoms with Crippen LogP contribution < -0.4 is 31.6 Å². The molecule has 1 aromatic carbocycles. The molecule has 4 aliphatic rings. The molecule has 28 heteroatoms. The molecule has 3 aromatic rings. The predicted octanol–water partition coefficient (Wildman–Crippen LogP) is 2.18. The fourth-order valence-corrected chi connectivity index (χ4v) is 10.9. The Hall–Kier alpha value is -7.02. The molecule has 496 valence electrons. The number of alkyl carbamates (subject to hydrolysis) is 1. The lowest BCUT2D eigenvalue weighted by atomic mass is 9.86. The fourth-order valence-electron chi connectivity index (χ4n) is 10.9. The highest BCUT2D eigenvalue weighted by molar-refractivity contribution is 6.12. The van der Waals surface area contributed by atoms with Gasteiger partial charge in [0, 0.05) is 91.7 Å². The maximum Gasteiger partial charge on any atom is 0.407 e. The number of piperidine rings is 1. The molecule has 7 rings (SSSR count). The van der Waals surface area contributed by atoms with E-state index in [1.54, 1.807) is 23.6 Å². The third-order valence-electron chi connectivity index (χ3n) is 16.1. The summed E-state index contributed by atoms with van der Waals surface area (Å²) in [4.78, 5) is 107. The van der Waals surface area contributed by atoms with E-state index in [4.69, 9.17) is 52.4 Å². The van der Waals surface area contributed by atoms with Crippen LogP contribution >= 0.6 is 0 Å². The minimum atomic E-state index is -1.99. The first kappa shape index (κ1) is 70.4. The number of pyridine rings is 2. The van der Waals surface area contributed by atoms with Gasteiger partial charge in [-0.15, -0.1) is 0 Å². The Labute approximate surface area is 522 Å². The number of quaternary nitrogens is 1. The van der Waals surface area contributed by atoms with Gasteiger partial charge < -0.3 is 82.8 Å². The number of carbonyl (C=O) groups is 7. The number of methoxy groups -OCH3 is 1. The molecule has 27 nitrogen and oxygen atoms in total. The molecule has 2 aromatic heterocycles. The van der Waals surface area contributed by atoms with E-state index in [1.165, 1.54) is 25.3 Å². The Bertz CT molecular complexity index is 3030. The van der Waals surface area contributed by atoms with Crippen LogP contribution in [0.15, 0.2) is 35.1 Å². The summed E-state index contributed by atoms with van der Waals surface area (Å²) in [7, 11) is 3.53. The Morgan fingerprint density at radius 3 is 1.96 bits per heavy atom. The second kappa shape index (κ2) is 35.5. The number of aromatic nitrogens is 2. The van der Waals surface area contributed by atoms with Crippen molar-refractivity contribution in [2.24, 2.45) is 0 Å². The highest BCUT2D eigenvalue weighted by atomic mass is 19.1. The molecular weight excluding hydrogens is 1180 g/mol. The maximum absolute atomic E-state index is 15.2. The topological polar surface area (TPSA) is 318 Å². The van der Waals surface area contributed by atoms with Gasteiger partial charge in [-0.2, -0.15) is 0 Å². The van der Waals surface area contributed by atoms with Gasteiger partial charge >= 0.3 is 12.1 Å². The van der Waals surface area contributed by atoms with E-state index in [0.29, 0.717) is 145 Å². The smallest absolute Gasteiger partial charge is 0.407 e. The van der Waals surface area contributed by atoms with Crippen molar-refractivity contribution in [1.29, 1.82) is 0 Å². The molecule has 1 saturated heterocycles. The molecular formula is C62H88FN8O19+. The second-order valence-corrected chi connectivity index (χ2v) is 22.5. The third-order valence-corrected chi connectivity index (χ3v) is 16.1. The number of hydrogen-bond acceptors (Lipinski definition) is 20. The number of esters is 1. The van der Waals surface area contributed by atoms with Gasteiger partial charge in [-0.1, -0.05) is 20.3 Å². The van der Waals surface area contributed by atoms with Gasteiger partial charge in [0.1, 0.15) is 25.8 Å². The van der Waals surface area contributed by atoms with E-state index in [-0.39, 0.29) is 118 Å². The SMILES string of the molecule is CCCCNC(=O)[C@H](CCC(=O)NCCOCCOCCOCCOCCOCCOCCOCCOC(=O)NC1CC[N+](C)(Cc2c3c(nc4cc(F)c(OC)cc24)-c2cc4c(c(=O)n2C3)COC(=O)[C@]4(O)CC)CC1)NC(=O)CCCN1C(=O)C=CC1=O. The van der Waals surface area contributed by atoms with E-state index in [9.17, 15) is 43.5 Å². The highest BCUT2D eigenvalue weighted by Gasteiger charge is 2.46. The van der Waals surface area contributed by atoms with Crippen LogP contribution in [-0.2, 0) is 96.7 Å². The van der Waals surface area contributed by atoms with E-state index < -0.39 is 47.2 Å². The summed E-state index contributed by atoms with van der Waals surface area (Å²) in [6, 6.07) is 3.57. The minimum absolute atomic E-state index is 0.000120. The molecule has 6 heterocycles. The van der Waals surface area contributed by atoms with Gasteiger partial charge in [0.25, 0.3) is 17.4 Å². The number of imide groups is 1. The summed E-state index contributed by atoms with van der Waals surface area (Å²) in [5.41, 5.74) is 1.01. The first-order valence-corrected chi connectivity index (χ1v) is 31.0. The number of benzene rings is 1. The van der Waals surface area contributed by atoms with Crippen molar-refractivity contribution in [2.45, 2.75) is 109 Å². The lowest BCUT2D eigenvalue weighted by molar-refractivity contribution is -0.927. The Kier molecular flexibility index (Phi) is 27.8. The molecule has 0 aliphatic carbocycles. The monoisotopic (exact) mass is 1270 g/mol. The van der Waals surface area contributed by atoms with Gasteiger partial charge in [0.2, 0.25) is 17.7 Å². The van der Waals surface area contributed by atoms with Crippen LogP contribution in [0.25, 0.3) is 22.3 Å². The molecule has 4 aliphatic heterocycles. The quantitative estimate of drug-likeness (QED) is 0.0184. The standard InChI is InChI=1S/C62H87FN8O19/c1-5-7-16-65-58(76)49(67-54(73)9-8-18-69-55(74)12-13-56(69)75)10-11-53(72)64-17-21-82-22-23-83-24-25-84-26-27-85-28-29-86-30-31-87-32-33-88-34-35-89-61(79)66-42-14-19-71(3,20-15-42)40-45-43-36-52(81-4)48(63)38-50(43)68-57-44(45)39-70-51(57)37-47-46(59(70)77)41-90-60(78)62(47,80)6-2/h12-13,36-38,42,49,80H,5-11,14-35,39-41H2,1-4H3,(H3-,64,65,66,67,72,73,76,79)/p+1/t42?,49-,62-,71?/m0/s1. The van der Waals surface area contributed by atoms with Gasteiger partial charge in [0.15, 0.2) is 17.2 Å². The molecule has 0 spiro atoms. The van der Waals surface area contributed by atoms with Crippen LogP contribution in [-0.4, -0.2) is 224 Å². The molecule has 0 bridgehead atoms. The van der Waals surface area contributed by atoms with Crippen LogP contribution in [0.3, 0.4) is 0 Å². The summed E-state index contributed by atoms with van der Waals surface area (Å²) >= 11 is 0. The number of fused-ring (bicyclic) bond motifs is 5. The largest absolute Gasteiger partial charge is 0.494 e. The van der Waals surface area contributed by atoms with Crippen molar-refractivity contribution in [3.63, 3.8) is 0 Å². The van der Waals surface area contributed by atoms with Crippen LogP contribution in [0.1, 0.15) is 93.9 Å². The number of amides is 6. The number of ether oxygens (including phenoxy) is 10.